The van der Waals surface area contributed by atoms with Gasteiger partial charge in [0, 0.05) is 10.0 Å². The molecule has 0 fully saturated rings. The fourth-order valence-electron chi connectivity index (χ4n) is 1.95. The van der Waals surface area contributed by atoms with E-state index in [1.54, 1.807) is 0 Å². The van der Waals surface area contributed by atoms with Crippen LogP contribution in [0.5, 0.6) is 0 Å². The van der Waals surface area contributed by atoms with E-state index in [1.807, 2.05) is 0 Å². The molecule has 0 heterocycles. The number of nitrogens with two attached hydrogens (primary N) is 1. The van der Waals surface area contributed by atoms with Gasteiger partial charge in [0.1, 0.15) is 0 Å². The summed E-state index contributed by atoms with van der Waals surface area (Å²) in [5.74, 6) is 0. The maximum absolute atomic E-state index is 6.13. The van der Waals surface area contributed by atoms with E-state index >= 15 is 0 Å². The lowest BCUT2D eigenvalue weighted by Crippen LogP contribution is -2.41. The average Bonchev–Trinajstić information content (AvgIpc) is 2.01. The Morgan fingerprint density at radius 1 is 1.38 bits per heavy atom. The minimum atomic E-state index is -0.00616. The van der Waals surface area contributed by atoms with Gasteiger partial charge in [-0.1, -0.05) is 22.0 Å². The molecule has 1 aliphatic rings. The Morgan fingerprint density at radius 2 is 2.15 bits per heavy atom. The minimum Gasteiger partial charge on any atom is -0.325 e. The molecule has 2 rings (SSSR count). The van der Waals surface area contributed by atoms with Crippen molar-refractivity contribution in [2.75, 3.05) is 0 Å². The van der Waals surface area contributed by atoms with Crippen LogP contribution in [0.2, 0.25) is 0 Å². The van der Waals surface area contributed by atoms with Crippen molar-refractivity contribution in [3.05, 3.63) is 33.8 Å². The number of hydrogen-bond acceptors (Lipinski definition) is 1. The van der Waals surface area contributed by atoms with Crippen molar-refractivity contribution in [1.29, 1.82) is 0 Å². The predicted octanol–water partition coefficient (Wildman–Crippen LogP) is 2.66. The third-order valence-corrected chi connectivity index (χ3v) is 3.22. The smallest absolute Gasteiger partial charge is 0.0178 e. The number of halogens is 1. The van der Waals surface area contributed by atoms with Crippen LogP contribution in [-0.2, 0) is 12.8 Å². The van der Waals surface area contributed by atoms with Crippen LogP contribution >= 0.6 is 15.9 Å². The molecule has 1 aromatic carbocycles. The molecule has 13 heavy (non-hydrogen) atoms. The molecule has 1 atom stereocenters. The molecule has 0 saturated carbocycles. The first kappa shape index (κ1) is 9.22. The largest absolute Gasteiger partial charge is 0.325 e. The van der Waals surface area contributed by atoms with Crippen LogP contribution in [0.4, 0.5) is 0 Å². The topological polar surface area (TPSA) is 26.0 Å². The van der Waals surface area contributed by atoms with Gasteiger partial charge < -0.3 is 5.73 Å². The van der Waals surface area contributed by atoms with Crippen LogP contribution in [0.1, 0.15) is 24.5 Å². The Bertz CT molecular complexity index is 331. The Hall–Kier alpha value is -0.340. The summed E-state index contributed by atoms with van der Waals surface area (Å²) in [5, 5.41) is 0. The van der Waals surface area contributed by atoms with E-state index in [1.165, 1.54) is 11.1 Å². The van der Waals surface area contributed by atoms with Crippen LogP contribution in [-0.4, -0.2) is 5.54 Å². The molecule has 1 nitrogen and oxygen atoms in total. The number of rotatable bonds is 0. The molecule has 0 saturated heterocycles. The second kappa shape index (κ2) is 3.10. The molecule has 0 radical (unpaired) electrons. The van der Waals surface area contributed by atoms with Crippen LogP contribution in [0.25, 0.3) is 0 Å². The predicted molar refractivity (Wildman–Crippen MR) is 58.8 cm³/mol. The summed E-state index contributed by atoms with van der Waals surface area (Å²) in [7, 11) is 0. The summed E-state index contributed by atoms with van der Waals surface area (Å²) in [6.45, 7) is 2.14. The van der Waals surface area contributed by atoms with Gasteiger partial charge in [0.2, 0.25) is 0 Å². The maximum atomic E-state index is 6.13. The lowest BCUT2D eigenvalue weighted by atomic mass is 9.80. The molecular formula is C11H14BrN. The number of hydrogen-bond donors (Lipinski definition) is 1. The molecule has 2 heteroatoms. The van der Waals surface area contributed by atoms with E-state index < -0.39 is 0 Å². The molecule has 1 aliphatic carbocycles. The van der Waals surface area contributed by atoms with Gasteiger partial charge in [-0.3, -0.25) is 0 Å². The van der Waals surface area contributed by atoms with Gasteiger partial charge >= 0.3 is 0 Å². The quantitative estimate of drug-likeness (QED) is 0.741. The summed E-state index contributed by atoms with van der Waals surface area (Å²) in [6.07, 6.45) is 3.22. The van der Waals surface area contributed by atoms with Gasteiger partial charge in [-0.05, 0) is 49.4 Å². The van der Waals surface area contributed by atoms with Crippen molar-refractivity contribution >= 4 is 15.9 Å². The molecular weight excluding hydrogens is 226 g/mol. The van der Waals surface area contributed by atoms with Crippen molar-refractivity contribution in [2.24, 2.45) is 5.73 Å². The summed E-state index contributed by atoms with van der Waals surface area (Å²) in [5.41, 5.74) is 8.99. The third kappa shape index (κ3) is 1.94. The monoisotopic (exact) mass is 239 g/mol. The lowest BCUT2D eigenvalue weighted by molar-refractivity contribution is 0.408. The zero-order chi connectivity index (χ0) is 9.47. The highest BCUT2D eigenvalue weighted by Crippen LogP contribution is 2.28. The van der Waals surface area contributed by atoms with E-state index in [9.17, 15) is 0 Å². The van der Waals surface area contributed by atoms with E-state index in [0.717, 1.165) is 23.7 Å². The molecule has 0 aromatic heterocycles. The molecule has 0 aliphatic heterocycles. The highest BCUT2D eigenvalue weighted by molar-refractivity contribution is 9.10. The zero-order valence-corrected chi connectivity index (χ0v) is 9.39. The van der Waals surface area contributed by atoms with Gasteiger partial charge in [0.05, 0.1) is 0 Å². The van der Waals surface area contributed by atoms with Crippen LogP contribution in [0.3, 0.4) is 0 Å². The first-order valence-electron chi connectivity index (χ1n) is 4.63. The van der Waals surface area contributed by atoms with Crippen molar-refractivity contribution in [1.82, 2.24) is 0 Å². The molecule has 2 N–H and O–H groups in total. The van der Waals surface area contributed by atoms with Crippen molar-refractivity contribution in [2.45, 2.75) is 31.7 Å². The molecule has 0 bridgehead atoms. The fourth-order valence-corrected chi connectivity index (χ4v) is 2.36. The van der Waals surface area contributed by atoms with Crippen molar-refractivity contribution < 1.29 is 0 Å². The standard InChI is InChI=1S/C11H14BrN/c1-11(13)5-4-8-2-3-10(12)6-9(8)7-11/h2-3,6H,4-5,7,13H2,1H3. The normalized spacial score (nSPS) is 27.0. The Labute approximate surface area is 87.5 Å². The third-order valence-electron chi connectivity index (χ3n) is 2.73. The minimum absolute atomic E-state index is 0.00616. The van der Waals surface area contributed by atoms with Gasteiger partial charge in [-0.15, -0.1) is 0 Å². The van der Waals surface area contributed by atoms with Crippen molar-refractivity contribution in [3.8, 4) is 0 Å². The van der Waals surface area contributed by atoms with Crippen LogP contribution in [0, 0.1) is 0 Å². The van der Waals surface area contributed by atoms with E-state index in [4.69, 9.17) is 5.73 Å². The number of fused-ring (bicyclic) bond motifs is 1. The Morgan fingerprint density at radius 3 is 2.92 bits per heavy atom. The van der Waals surface area contributed by atoms with Gasteiger partial charge in [0.15, 0.2) is 0 Å². The number of benzene rings is 1. The second-order valence-electron chi connectivity index (χ2n) is 4.24. The zero-order valence-electron chi connectivity index (χ0n) is 7.81. The van der Waals surface area contributed by atoms with Crippen LogP contribution in [0.15, 0.2) is 22.7 Å². The van der Waals surface area contributed by atoms with E-state index in [-0.39, 0.29) is 5.54 Å². The summed E-state index contributed by atoms with van der Waals surface area (Å²) in [4.78, 5) is 0. The molecule has 0 amide bonds. The molecule has 70 valence electrons. The van der Waals surface area contributed by atoms with Crippen LogP contribution < -0.4 is 5.73 Å². The second-order valence-corrected chi connectivity index (χ2v) is 5.16. The van der Waals surface area contributed by atoms with Gasteiger partial charge in [-0.25, -0.2) is 0 Å². The fraction of sp³-hybridized carbons (Fsp3) is 0.455. The summed E-state index contributed by atoms with van der Waals surface area (Å²) < 4.78 is 1.16. The average molecular weight is 240 g/mol. The maximum Gasteiger partial charge on any atom is 0.0178 e. The van der Waals surface area contributed by atoms with Crippen molar-refractivity contribution in [3.63, 3.8) is 0 Å². The highest BCUT2D eigenvalue weighted by atomic mass is 79.9. The molecule has 1 aromatic rings. The first-order valence-corrected chi connectivity index (χ1v) is 5.42. The van der Waals surface area contributed by atoms with E-state index in [0.29, 0.717) is 0 Å². The lowest BCUT2D eigenvalue weighted by Gasteiger charge is -2.31. The molecule has 1 unspecified atom stereocenters. The SMILES string of the molecule is CC1(N)CCc2ccc(Br)cc2C1. The highest BCUT2D eigenvalue weighted by Gasteiger charge is 2.25. The van der Waals surface area contributed by atoms with E-state index in [2.05, 4.69) is 41.1 Å². The number of aryl methyl sites for hydroxylation is 1. The Balaban J connectivity index is 2.38. The van der Waals surface area contributed by atoms with Gasteiger partial charge in [0.25, 0.3) is 0 Å². The van der Waals surface area contributed by atoms with Gasteiger partial charge in [-0.2, -0.15) is 0 Å². The Kier molecular flexibility index (Phi) is 2.20. The summed E-state index contributed by atoms with van der Waals surface area (Å²) in [6, 6.07) is 6.51. The molecule has 0 spiro atoms. The first-order chi connectivity index (χ1) is 6.07. The summed E-state index contributed by atoms with van der Waals surface area (Å²) >= 11 is 3.49.